The van der Waals surface area contributed by atoms with Crippen LogP contribution in [0.25, 0.3) is 0 Å². The molecular formula is C25H30N4O4S. The fourth-order valence-corrected chi connectivity index (χ4v) is 5.57. The van der Waals surface area contributed by atoms with Crippen LogP contribution in [0.2, 0.25) is 0 Å². The van der Waals surface area contributed by atoms with Crippen LogP contribution in [0.5, 0.6) is 5.75 Å². The number of amides is 3. The van der Waals surface area contributed by atoms with Gasteiger partial charge < -0.3 is 24.3 Å². The second kappa shape index (κ2) is 10.0. The van der Waals surface area contributed by atoms with Crippen molar-refractivity contribution in [3.05, 3.63) is 46.7 Å². The maximum Gasteiger partial charge on any atom is 0.265 e. The number of ether oxygens (including phenoxy) is 1. The van der Waals surface area contributed by atoms with E-state index in [-0.39, 0.29) is 24.3 Å². The molecule has 1 aromatic carbocycles. The van der Waals surface area contributed by atoms with E-state index in [4.69, 9.17) is 4.74 Å². The molecule has 0 N–H and O–H groups in total. The number of piperidine rings is 1. The molecule has 0 saturated carbocycles. The van der Waals surface area contributed by atoms with Crippen molar-refractivity contribution in [1.29, 1.82) is 0 Å². The summed E-state index contributed by atoms with van der Waals surface area (Å²) in [5.74, 6) is 0.683. The smallest absolute Gasteiger partial charge is 0.265 e. The van der Waals surface area contributed by atoms with Gasteiger partial charge in [-0.15, -0.1) is 11.3 Å². The molecule has 4 heterocycles. The Morgan fingerprint density at radius 3 is 2.32 bits per heavy atom. The van der Waals surface area contributed by atoms with Gasteiger partial charge in [0, 0.05) is 39.3 Å². The number of rotatable bonds is 4. The van der Waals surface area contributed by atoms with E-state index in [0.717, 1.165) is 42.9 Å². The number of benzene rings is 1. The number of fused-ring (bicyclic) bond motifs is 1. The van der Waals surface area contributed by atoms with Gasteiger partial charge in [0.1, 0.15) is 5.75 Å². The van der Waals surface area contributed by atoms with Crippen molar-refractivity contribution in [2.45, 2.75) is 25.4 Å². The van der Waals surface area contributed by atoms with Gasteiger partial charge in [-0.2, -0.15) is 0 Å². The van der Waals surface area contributed by atoms with Gasteiger partial charge in [-0.1, -0.05) is 18.2 Å². The van der Waals surface area contributed by atoms with Crippen LogP contribution in [-0.2, 0) is 9.59 Å². The van der Waals surface area contributed by atoms with Gasteiger partial charge in [0.2, 0.25) is 5.91 Å². The van der Waals surface area contributed by atoms with E-state index >= 15 is 0 Å². The average Bonchev–Trinajstić information content (AvgIpc) is 3.43. The summed E-state index contributed by atoms with van der Waals surface area (Å²) in [5, 5.41) is 1.90. The molecule has 2 aromatic rings. The van der Waals surface area contributed by atoms with E-state index in [9.17, 15) is 14.4 Å². The molecule has 0 radical (unpaired) electrons. The molecular weight excluding hydrogens is 452 g/mol. The summed E-state index contributed by atoms with van der Waals surface area (Å²) in [7, 11) is 0. The molecule has 2 saturated heterocycles. The van der Waals surface area contributed by atoms with Crippen LogP contribution in [0.1, 0.15) is 28.9 Å². The second-order valence-corrected chi connectivity index (χ2v) is 9.94. The lowest BCUT2D eigenvalue weighted by Gasteiger charge is -2.40. The van der Waals surface area contributed by atoms with Crippen LogP contribution in [0.15, 0.2) is 41.8 Å². The highest BCUT2D eigenvalue weighted by atomic mass is 32.1. The van der Waals surface area contributed by atoms with Crippen LogP contribution in [0.4, 0.5) is 5.69 Å². The number of para-hydroxylation sites is 2. The van der Waals surface area contributed by atoms with Gasteiger partial charge in [0.15, 0.2) is 6.10 Å². The molecule has 5 rings (SSSR count). The zero-order valence-corrected chi connectivity index (χ0v) is 20.0. The largest absolute Gasteiger partial charge is 0.477 e. The number of nitrogens with zero attached hydrogens (tertiary/aromatic N) is 4. The minimum Gasteiger partial charge on any atom is -0.477 e. The summed E-state index contributed by atoms with van der Waals surface area (Å²) in [6.07, 6.45) is 2.60. The van der Waals surface area contributed by atoms with Gasteiger partial charge in [0.05, 0.1) is 23.7 Å². The van der Waals surface area contributed by atoms with E-state index in [1.165, 1.54) is 11.3 Å². The number of likely N-dealkylation sites (tertiary alicyclic amines) is 1. The van der Waals surface area contributed by atoms with Crippen molar-refractivity contribution in [3.8, 4) is 5.75 Å². The molecule has 1 aromatic heterocycles. The number of hydrogen-bond donors (Lipinski definition) is 0. The Bertz CT molecular complexity index is 1030. The summed E-state index contributed by atoms with van der Waals surface area (Å²) in [6, 6.07) is 11.3. The summed E-state index contributed by atoms with van der Waals surface area (Å²) in [6.45, 7) is 4.16. The van der Waals surface area contributed by atoms with Crippen LogP contribution >= 0.6 is 11.3 Å². The zero-order chi connectivity index (χ0) is 23.5. The molecule has 3 aliphatic rings. The number of piperazine rings is 1. The predicted molar refractivity (Wildman–Crippen MR) is 130 cm³/mol. The fourth-order valence-electron chi connectivity index (χ4n) is 4.88. The molecule has 9 heteroatoms. The maximum absolute atomic E-state index is 13.2. The Morgan fingerprint density at radius 2 is 1.59 bits per heavy atom. The molecule has 0 aliphatic carbocycles. The first-order chi connectivity index (χ1) is 16.6. The summed E-state index contributed by atoms with van der Waals surface area (Å²) in [5.41, 5.74) is 0.838. The highest BCUT2D eigenvalue weighted by Gasteiger charge is 2.35. The molecule has 0 spiro atoms. The van der Waals surface area contributed by atoms with Crippen LogP contribution in [-0.4, -0.2) is 90.9 Å². The minimum absolute atomic E-state index is 0.00379. The molecule has 0 bridgehead atoms. The van der Waals surface area contributed by atoms with Gasteiger partial charge in [-0.3, -0.25) is 14.4 Å². The zero-order valence-electron chi connectivity index (χ0n) is 19.2. The quantitative estimate of drug-likeness (QED) is 0.669. The summed E-state index contributed by atoms with van der Waals surface area (Å²) in [4.78, 5) is 47.2. The summed E-state index contributed by atoms with van der Waals surface area (Å²) >= 11 is 1.44. The van der Waals surface area contributed by atoms with Crippen molar-refractivity contribution < 1.29 is 19.1 Å². The normalized spacial score (nSPS) is 20.5. The molecule has 2 fully saturated rings. The number of hydrogen-bond acceptors (Lipinski definition) is 6. The Morgan fingerprint density at radius 1 is 0.853 bits per heavy atom. The van der Waals surface area contributed by atoms with Gasteiger partial charge in [-0.05, 0) is 42.8 Å². The standard InChI is InChI=1S/C25H30N4O4S/c30-23(26-12-14-28(15-13-26)25(32)22-9-6-16-34-22)18-29-17-21(24(31)27-10-4-1-5-11-27)33-20-8-3-2-7-19(20)29/h2-3,6-9,16,21H,1,4-5,10-15,17-18H2/t21-/m1/s1. The highest BCUT2D eigenvalue weighted by molar-refractivity contribution is 7.12. The molecule has 8 nitrogen and oxygen atoms in total. The monoisotopic (exact) mass is 482 g/mol. The topological polar surface area (TPSA) is 73.4 Å². The third-order valence-corrected chi connectivity index (χ3v) is 7.64. The SMILES string of the molecule is O=C(CN1C[C@H](C(=O)N2CCCCC2)Oc2ccccc21)N1CCN(C(=O)c2cccs2)CC1. The Kier molecular flexibility index (Phi) is 6.71. The molecule has 180 valence electrons. The van der Waals surface area contributed by atoms with Crippen molar-refractivity contribution in [3.63, 3.8) is 0 Å². The Labute approximate surface area is 203 Å². The van der Waals surface area contributed by atoms with E-state index in [2.05, 4.69) is 0 Å². The van der Waals surface area contributed by atoms with Crippen LogP contribution < -0.4 is 9.64 Å². The lowest BCUT2D eigenvalue weighted by atomic mass is 10.1. The number of carbonyl (C=O) groups excluding carboxylic acids is 3. The summed E-state index contributed by atoms with van der Waals surface area (Å²) < 4.78 is 6.08. The van der Waals surface area contributed by atoms with Gasteiger partial charge in [-0.25, -0.2) is 0 Å². The van der Waals surface area contributed by atoms with Crippen molar-refractivity contribution in [1.82, 2.24) is 14.7 Å². The fraction of sp³-hybridized carbons (Fsp3) is 0.480. The van der Waals surface area contributed by atoms with E-state index in [0.29, 0.717) is 38.5 Å². The number of thiophene rings is 1. The van der Waals surface area contributed by atoms with Crippen molar-refractivity contribution in [2.75, 3.05) is 57.3 Å². The molecule has 3 amide bonds. The van der Waals surface area contributed by atoms with Gasteiger partial charge >= 0.3 is 0 Å². The van der Waals surface area contributed by atoms with Gasteiger partial charge in [0.25, 0.3) is 11.8 Å². The van der Waals surface area contributed by atoms with Crippen molar-refractivity contribution in [2.24, 2.45) is 0 Å². The molecule has 3 aliphatic heterocycles. The lowest BCUT2D eigenvalue weighted by molar-refractivity contribution is -0.140. The Hall–Kier alpha value is -3.07. The molecule has 0 unspecified atom stereocenters. The average molecular weight is 483 g/mol. The van der Waals surface area contributed by atoms with Crippen LogP contribution in [0.3, 0.4) is 0 Å². The molecule has 1 atom stereocenters. The maximum atomic E-state index is 13.2. The van der Waals surface area contributed by atoms with Crippen LogP contribution in [0, 0.1) is 0 Å². The first-order valence-electron chi connectivity index (χ1n) is 12.0. The lowest BCUT2D eigenvalue weighted by Crippen LogP contribution is -2.55. The molecule has 34 heavy (non-hydrogen) atoms. The minimum atomic E-state index is -0.610. The second-order valence-electron chi connectivity index (χ2n) is 8.99. The number of anilines is 1. The number of carbonyl (C=O) groups is 3. The predicted octanol–water partition coefficient (Wildman–Crippen LogP) is 2.31. The van der Waals surface area contributed by atoms with Crippen molar-refractivity contribution >= 4 is 34.7 Å². The highest BCUT2D eigenvalue weighted by Crippen LogP contribution is 2.33. The van der Waals surface area contributed by atoms with E-state index in [1.807, 2.05) is 61.4 Å². The van der Waals surface area contributed by atoms with E-state index in [1.54, 1.807) is 0 Å². The third-order valence-electron chi connectivity index (χ3n) is 6.78. The first-order valence-corrected chi connectivity index (χ1v) is 12.9. The first kappa shape index (κ1) is 22.7. The Balaban J connectivity index is 1.22. The third kappa shape index (κ3) is 4.75. The van der Waals surface area contributed by atoms with E-state index < -0.39 is 6.10 Å².